The van der Waals surface area contributed by atoms with Crippen LogP contribution >= 0.6 is 0 Å². The van der Waals surface area contributed by atoms with Crippen molar-refractivity contribution in [2.75, 3.05) is 0 Å². The van der Waals surface area contributed by atoms with Gasteiger partial charge in [0.25, 0.3) is 0 Å². The third-order valence-electron chi connectivity index (χ3n) is 5.64. The van der Waals surface area contributed by atoms with Crippen LogP contribution in [0.4, 0.5) is 0 Å². The van der Waals surface area contributed by atoms with Crippen LogP contribution in [0.2, 0.25) is 0 Å². The smallest absolute Gasteiger partial charge is 0.340 e. The molecule has 0 unspecified atom stereocenters. The van der Waals surface area contributed by atoms with Crippen molar-refractivity contribution in [3.63, 3.8) is 0 Å². The molecule has 134 valence electrons. The Labute approximate surface area is 150 Å². The number of nitrogens with one attached hydrogen (secondary N) is 1. The van der Waals surface area contributed by atoms with Gasteiger partial charge in [0.15, 0.2) is 0 Å². The van der Waals surface area contributed by atoms with E-state index < -0.39 is 5.63 Å². The molecule has 5 rings (SSSR count). The number of rotatable bonds is 3. The third-order valence-corrected chi connectivity index (χ3v) is 5.64. The van der Waals surface area contributed by atoms with Crippen LogP contribution in [0.15, 0.2) is 25.8 Å². The normalized spacial score (nSPS) is 16.8. The molecule has 1 amide bonds. The molecule has 2 heterocycles. The number of amides is 1. The molecule has 2 aromatic heterocycles. The second kappa shape index (κ2) is 5.73. The van der Waals surface area contributed by atoms with Crippen LogP contribution in [0.1, 0.15) is 48.1 Å². The van der Waals surface area contributed by atoms with Crippen molar-refractivity contribution in [3.05, 3.63) is 45.0 Å². The summed E-state index contributed by atoms with van der Waals surface area (Å²) < 4.78 is 11.5. The molecule has 2 aliphatic carbocycles. The van der Waals surface area contributed by atoms with Gasteiger partial charge in [0.2, 0.25) is 5.91 Å². The topological polar surface area (TPSA) is 72.5 Å². The molecular weight excluding hydrogens is 330 g/mol. The van der Waals surface area contributed by atoms with Gasteiger partial charge in [-0.1, -0.05) is 0 Å². The lowest BCUT2D eigenvalue weighted by atomic mass is 9.94. The molecule has 1 fully saturated rings. The first-order valence-electron chi connectivity index (χ1n) is 9.40. The van der Waals surface area contributed by atoms with Gasteiger partial charge in [-0.15, -0.1) is 0 Å². The van der Waals surface area contributed by atoms with E-state index in [2.05, 4.69) is 11.4 Å². The summed E-state index contributed by atoms with van der Waals surface area (Å²) in [4.78, 5) is 24.6. The number of hydrogen-bond donors (Lipinski definition) is 1. The predicted octanol–water partition coefficient (Wildman–Crippen LogP) is 3.55. The van der Waals surface area contributed by atoms with E-state index in [1.54, 1.807) is 0 Å². The first-order chi connectivity index (χ1) is 12.6. The first kappa shape index (κ1) is 15.7. The maximum absolute atomic E-state index is 12.4. The summed E-state index contributed by atoms with van der Waals surface area (Å²) in [7, 11) is 0. The van der Waals surface area contributed by atoms with E-state index in [9.17, 15) is 9.59 Å². The average molecular weight is 351 g/mol. The summed E-state index contributed by atoms with van der Waals surface area (Å²) in [5.41, 5.74) is 3.44. The highest BCUT2D eigenvalue weighted by molar-refractivity contribution is 5.97. The summed E-state index contributed by atoms with van der Waals surface area (Å²) in [6, 6.07) is 4.18. The lowest BCUT2D eigenvalue weighted by Gasteiger charge is -2.10. The Bertz CT molecular complexity index is 1100. The molecule has 1 aromatic carbocycles. The summed E-state index contributed by atoms with van der Waals surface area (Å²) in [5, 5.41) is 4.93. The van der Waals surface area contributed by atoms with Crippen molar-refractivity contribution in [2.45, 2.75) is 57.9 Å². The van der Waals surface area contributed by atoms with Crippen LogP contribution in [0.3, 0.4) is 0 Å². The Morgan fingerprint density at radius 3 is 2.69 bits per heavy atom. The molecule has 5 nitrogen and oxygen atoms in total. The fourth-order valence-electron chi connectivity index (χ4n) is 4.02. The predicted molar refractivity (Wildman–Crippen MR) is 98.5 cm³/mol. The molecule has 1 saturated carbocycles. The largest absolute Gasteiger partial charge is 0.461 e. The van der Waals surface area contributed by atoms with Gasteiger partial charge >= 0.3 is 5.63 Å². The van der Waals surface area contributed by atoms with E-state index in [-0.39, 0.29) is 18.4 Å². The molecule has 0 saturated heterocycles. The molecule has 26 heavy (non-hydrogen) atoms. The van der Waals surface area contributed by atoms with Gasteiger partial charge in [-0.25, -0.2) is 4.79 Å². The molecule has 0 bridgehead atoms. The Kier molecular flexibility index (Phi) is 3.45. The number of carbonyl (C=O) groups excluding carboxylic acids is 1. The van der Waals surface area contributed by atoms with Crippen molar-refractivity contribution < 1.29 is 13.6 Å². The second-order valence-corrected chi connectivity index (χ2v) is 7.57. The van der Waals surface area contributed by atoms with Crippen LogP contribution in [-0.4, -0.2) is 11.9 Å². The summed E-state index contributed by atoms with van der Waals surface area (Å²) in [6.45, 7) is 1.90. The minimum atomic E-state index is -0.434. The number of carbonyl (C=O) groups is 1. The maximum atomic E-state index is 12.4. The van der Waals surface area contributed by atoms with Crippen LogP contribution in [-0.2, 0) is 24.1 Å². The highest BCUT2D eigenvalue weighted by Crippen LogP contribution is 2.35. The van der Waals surface area contributed by atoms with Gasteiger partial charge in [-0.2, -0.15) is 0 Å². The van der Waals surface area contributed by atoms with Gasteiger partial charge < -0.3 is 14.2 Å². The van der Waals surface area contributed by atoms with E-state index in [1.807, 2.05) is 13.0 Å². The molecule has 1 N–H and O–H groups in total. The fourth-order valence-corrected chi connectivity index (χ4v) is 4.02. The molecular formula is C21H21NO4. The molecule has 0 aliphatic heterocycles. The highest BCUT2D eigenvalue weighted by atomic mass is 16.4. The van der Waals surface area contributed by atoms with Crippen molar-refractivity contribution in [1.82, 2.24) is 5.32 Å². The molecule has 2 aliphatic rings. The zero-order chi connectivity index (χ0) is 17.8. The second-order valence-electron chi connectivity index (χ2n) is 7.57. The molecule has 0 spiro atoms. The summed E-state index contributed by atoms with van der Waals surface area (Å²) in [5.74, 6) is 0.953. The lowest BCUT2D eigenvalue weighted by molar-refractivity contribution is -0.120. The zero-order valence-electron chi connectivity index (χ0n) is 14.8. The van der Waals surface area contributed by atoms with Gasteiger partial charge in [0.05, 0.1) is 12.0 Å². The monoisotopic (exact) mass is 351 g/mol. The van der Waals surface area contributed by atoms with Gasteiger partial charge in [-0.3, -0.25) is 4.79 Å². The Balaban J connectivity index is 1.64. The van der Waals surface area contributed by atoms with Gasteiger partial charge in [0, 0.05) is 34.9 Å². The lowest BCUT2D eigenvalue weighted by Crippen LogP contribution is -2.29. The Hall–Kier alpha value is -2.56. The average Bonchev–Trinajstić information content (AvgIpc) is 3.35. The number of benzene rings is 1. The van der Waals surface area contributed by atoms with Crippen LogP contribution in [0.25, 0.3) is 21.9 Å². The van der Waals surface area contributed by atoms with Crippen LogP contribution in [0, 0.1) is 6.92 Å². The van der Waals surface area contributed by atoms with Crippen LogP contribution in [0.5, 0.6) is 0 Å². The Morgan fingerprint density at radius 1 is 1.12 bits per heavy atom. The standard InChI is InChI=1S/C21H21NO4/c1-11-14-8-16-13-4-2-3-5-17(13)25-19(16)10-18(14)26-21(24)15(11)9-20(23)22-12-6-7-12/h8,10,12H,2-7,9H2,1H3,(H,22,23). The quantitative estimate of drug-likeness (QED) is 0.733. The molecule has 0 atom stereocenters. The third kappa shape index (κ3) is 2.54. The number of aryl methyl sites for hydroxylation is 3. The van der Waals surface area contributed by atoms with Crippen molar-refractivity contribution in [2.24, 2.45) is 0 Å². The van der Waals surface area contributed by atoms with Crippen LogP contribution < -0.4 is 10.9 Å². The number of fused-ring (bicyclic) bond motifs is 4. The molecule has 5 heteroatoms. The summed E-state index contributed by atoms with van der Waals surface area (Å²) >= 11 is 0. The van der Waals surface area contributed by atoms with Crippen molar-refractivity contribution in [1.29, 1.82) is 0 Å². The molecule has 3 aromatic rings. The van der Waals surface area contributed by atoms with Crippen molar-refractivity contribution in [3.8, 4) is 0 Å². The van der Waals surface area contributed by atoms with E-state index >= 15 is 0 Å². The number of furan rings is 1. The number of hydrogen-bond acceptors (Lipinski definition) is 4. The Morgan fingerprint density at radius 2 is 1.88 bits per heavy atom. The van der Waals surface area contributed by atoms with E-state index in [1.165, 1.54) is 12.0 Å². The minimum absolute atomic E-state index is 0.0716. The minimum Gasteiger partial charge on any atom is -0.461 e. The van der Waals surface area contributed by atoms with Gasteiger partial charge in [-0.05, 0) is 50.7 Å². The summed E-state index contributed by atoms with van der Waals surface area (Å²) in [6.07, 6.45) is 6.45. The SMILES string of the molecule is Cc1c(CC(=O)NC2CC2)c(=O)oc2cc3oc4c(c3cc12)CCCC4. The van der Waals surface area contributed by atoms with Gasteiger partial charge in [0.1, 0.15) is 16.9 Å². The first-order valence-corrected chi connectivity index (χ1v) is 9.40. The van der Waals surface area contributed by atoms with E-state index in [0.29, 0.717) is 11.1 Å². The molecule has 0 radical (unpaired) electrons. The van der Waals surface area contributed by atoms with Crippen molar-refractivity contribution >= 4 is 27.8 Å². The fraction of sp³-hybridized carbons (Fsp3) is 0.429. The van der Waals surface area contributed by atoms with E-state index in [0.717, 1.165) is 59.8 Å². The highest BCUT2D eigenvalue weighted by Gasteiger charge is 2.25. The van der Waals surface area contributed by atoms with E-state index in [4.69, 9.17) is 8.83 Å². The zero-order valence-corrected chi connectivity index (χ0v) is 14.8. The maximum Gasteiger partial charge on any atom is 0.340 e.